The first-order valence-corrected chi connectivity index (χ1v) is 6.25. The van der Waals surface area contributed by atoms with Crippen LogP contribution < -0.4 is 10.1 Å². The summed E-state index contributed by atoms with van der Waals surface area (Å²) in [5, 5.41) is 11.4. The van der Waals surface area contributed by atoms with Crippen molar-refractivity contribution in [3.8, 4) is 5.88 Å². The fourth-order valence-electron chi connectivity index (χ4n) is 1.55. The molecule has 2 aromatic rings. The normalized spacial score (nSPS) is 12.1. The van der Waals surface area contributed by atoms with Gasteiger partial charge in [0.25, 0.3) is 0 Å². The monoisotopic (exact) mass is 259 g/mol. The van der Waals surface area contributed by atoms with E-state index in [1.807, 2.05) is 26.0 Å². The molecule has 2 rings (SSSR count). The van der Waals surface area contributed by atoms with Crippen LogP contribution in [0.5, 0.6) is 5.88 Å². The van der Waals surface area contributed by atoms with Crippen LogP contribution in [-0.4, -0.2) is 26.8 Å². The van der Waals surface area contributed by atoms with Crippen LogP contribution in [-0.2, 0) is 6.54 Å². The zero-order valence-electron chi connectivity index (χ0n) is 11.1. The van der Waals surface area contributed by atoms with Crippen molar-refractivity contribution in [1.82, 2.24) is 25.5 Å². The quantitative estimate of drug-likeness (QED) is 0.848. The third-order valence-corrected chi connectivity index (χ3v) is 2.55. The van der Waals surface area contributed by atoms with Crippen LogP contribution >= 0.6 is 0 Å². The van der Waals surface area contributed by atoms with E-state index in [4.69, 9.17) is 4.74 Å². The molecule has 1 atom stereocenters. The van der Waals surface area contributed by atoms with Gasteiger partial charge in [-0.2, -0.15) is 5.10 Å². The number of nitrogens with zero attached hydrogens (tertiary/aromatic N) is 4. The number of aromatic nitrogens is 4. The topological polar surface area (TPSA) is 72.8 Å². The van der Waals surface area contributed by atoms with Crippen molar-refractivity contribution < 1.29 is 4.74 Å². The van der Waals surface area contributed by atoms with Crippen molar-refractivity contribution >= 4 is 0 Å². The Hall–Kier alpha value is -2.08. The van der Waals surface area contributed by atoms with Gasteiger partial charge in [-0.1, -0.05) is 0 Å². The zero-order chi connectivity index (χ0) is 13.5. The minimum absolute atomic E-state index is 0.0644. The van der Waals surface area contributed by atoms with Gasteiger partial charge in [0.05, 0.1) is 18.3 Å². The average molecular weight is 259 g/mol. The molecule has 6 nitrogen and oxygen atoms in total. The van der Waals surface area contributed by atoms with Gasteiger partial charge in [0.2, 0.25) is 5.88 Å². The first-order valence-electron chi connectivity index (χ1n) is 6.25. The number of hydrogen-bond acceptors (Lipinski definition) is 6. The van der Waals surface area contributed by atoms with E-state index in [9.17, 15) is 0 Å². The summed E-state index contributed by atoms with van der Waals surface area (Å²) in [6.45, 7) is 5.13. The van der Waals surface area contributed by atoms with E-state index < -0.39 is 0 Å². The van der Waals surface area contributed by atoms with Crippen LogP contribution in [0.15, 0.2) is 30.6 Å². The van der Waals surface area contributed by atoms with Gasteiger partial charge in [-0.3, -0.25) is 0 Å². The van der Waals surface area contributed by atoms with Crippen molar-refractivity contribution in [1.29, 1.82) is 0 Å². The van der Waals surface area contributed by atoms with Crippen LogP contribution in [0.4, 0.5) is 0 Å². The van der Waals surface area contributed by atoms with E-state index in [0.717, 1.165) is 11.5 Å². The van der Waals surface area contributed by atoms with Crippen molar-refractivity contribution in [2.75, 3.05) is 6.61 Å². The molecule has 0 aliphatic carbocycles. The van der Waals surface area contributed by atoms with E-state index in [0.29, 0.717) is 19.0 Å². The second-order valence-electron chi connectivity index (χ2n) is 4.01. The van der Waals surface area contributed by atoms with Crippen molar-refractivity contribution in [2.24, 2.45) is 0 Å². The SMILES string of the molecule is CCOc1ccc(CNC(C)c2ncccn2)nn1. The highest BCUT2D eigenvalue weighted by Crippen LogP contribution is 2.08. The highest BCUT2D eigenvalue weighted by Gasteiger charge is 2.07. The summed E-state index contributed by atoms with van der Waals surface area (Å²) in [4.78, 5) is 8.40. The highest BCUT2D eigenvalue weighted by molar-refractivity contribution is 5.11. The number of nitrogens with one attached hydrogen (secondary N) is 1. The zero-order valence-corrected chi connectivity index (χ0v) is 11.1. The van der Waals surface area contributed by atoms with Crippen LogP contribution in [0.3, 0.4) is 0 Å². The van der Waals surface area contributed by atoms with Crippen LogP contribution in [0.1, 0.15) is 31.4 Å². The van der Waals surface area contributed by atoms with E-state index in [1.165, 1.54) is 0 Å². The minimum atomic E-state index is 0.0644. The summed E-state index contributed by atoms with van der Waals surface area (Å²) in [6.07, 6.45) is 3.47. The maximum Gasteiger partial charge on any atom is 0.233 e. The molecule has 0 aliphatic rings. The van der Waals surface area contributed by atoms with Gasteiger partial charge >= 0.3 is 0 Å². The maximum absolute atomic E-state index is 5.24. The Morgan fingerprint density at radius 1 is 1.21 bits per heavy atom. The number of hydrogen-bond donors (Lipinski definition) is 1. The standard InChI is InChI=1S/C13H17N5O/c1-3-19-12-6-5-11(17-18-12)9-16-10(2)13-14-7-4-8-15-13/h4-8,10,16H,3,9H2,1-2H3. The third kappa shape index (κ3) is 3.96. The third-order valence-electron chi connectivity index (χ3n) is 2.55. The Kier molecular flexibility index (Phi) is 4.74. The van der Waals surface area contributed by atoms with Gasteiger partial charge in [0.15, 0.2) is 0 Å². The number of ether oxygens (including phenoxy) is 1. The Labute approximate surface area is 112 Å². The van der Waals surface area contributed by atoms with Gasteiger partial charge in [-0.25, -0.2) is 9.97 Å². The smallest absolute Gasteiger partial charge is 0.233 e. The van der Waals surface area contributed by atoms with Gasteiger partial charge in [0, 0.05) is 25.0 Å². The maximum atomic E-state index is 5.24. The van der Waals surface area contributed by atoms with Crippen LogP contribution in [0.2, 0.25) is 0 Å². The van der Waals surface area contributed by atoms with Crippen LogP contribution in [0, 0.1) is 0 Å². The molecular weight excluding hydrogens is 242 g/mol. The van der Waals surface area contributed by atoms with Gasteiger partial charge in [0.1, 0.15) is 5.82 Å². The predicted octanol–water partition coefficient (Wildman–Crippen LogP) is 1.52. The first kappa shape index (κ1) is 13.4. The fourth-order valence-corrected chi connectivity index (χ4v) is 1.55. The molecule has 19 heavy (non-hydrogen) atoms. The average Bonchev–Trinajstić information content (AvgIpc) is 2.47. The fraction of sp³-hybridized carbons (Fsp3) is 0.385. The lowest BCUT2D eigenvalue weighted by Gasteiger charge is -2.11. The predicted molar refractivity (Wildman–Crippen MR) is 70.5 cm³/mol. The summed E-state index contributed by atoms with van der Waals surface area (Å²) < 4.78 is 5.24. The summed E-state index contributed by atoms with van der Waals surface area (Å²) >= 11 is 0. The minimum Gasteiger partial charge on any atom is -0.477 e. The van der Waals surface area contributed by atoms with E-state index in [2.05, 4.69) is 25.5 Å². The first-order chi connectivity index (χ1) is 9.29. The summed E-state index contributed by atoms with van der Waals surface area (Å²) in [5.74, 6) is 1.31. The highest BCUT2D eigenvalue weighted by atomic mass is 16.5. The molecule has 0 spiro atoms. The molecule has 0 radical (unpaired) electrons. The molecule has 0 fully saturated rings. The molecule has 1 N–H and O–H groups in total. The van der Waals surface area contributed by atoms with E-state index in [1.54, 1.807) is 18.5 Å². The molecule has 1 unspecified atom stereocenters. The Morgan fingerprint density at radius 3 is 2.63 bits per heavy atom. The Morgan fingerprint density at radius 2 is 2.00 bits per heavy atom. The summed E-state index contributed by atoms with van der Waals surface area (Å²) in [6, 6.07) is 5.57. The second-order valence-corrected chi connectivity index (χ2v) is 4.01. The Bertz CT molecular complexity index is 488. The molecule has 0 saturated carbocycles. The lowest BCUT2D eigenvalue weighted by Crippen LogP contribution is -2.20. The van der Waals surface area contributed by atoms with Gasteiger partial charge in [-0.15, -0.1) is 5.10 Å². The molecule has 0 saturated heterocycles. The molecule has 2 aromatic heterocycles. The lowest BCUT2D eigenvalue weighted by molar-refractivity contribution is 0.322. The summed E-state index contributed by atoms with van der Waals surface area (Å²) in [5.41, 5.74) is 0.853. The lowest BCUT2D eigenvalue weighted by atomic mass is 10.3. The molecule has 0 amide bonds. The van der Waals surface area contributed by atoms with Gasteiger partial charge < -0.3 is 10.1 Å². The van der Waals surface area contributed by atoms with Gasteiger partial charge in [-0.05, 0) is 26.0 Å². The van der Waals surface area contributed by atoms with E-state index in [-0.39, 0.29) is 6.04 Å². The molecule has 2 heterocycles. The molecule has 100 valence electrons. The van der Waals surface area contributed by atoms with Crippen molar-refractivity contribution in [3.05, 3.63) is 42.1 Å². The van der Waals surface area contributed by atoms with Crippen molar-refractivity contribution in [2.45, 2.75) is 26.4 Å². The molecular formula is C13H17N5O. The molecule has 0 aliphatic heterocycles. The molecule has 6 heteroatoms. The second kappa shape index (κ2) is 6.75. The molecule has 0 aromatic carbocycles. The largest absolute Gasteiger partial charge is 0.477 e. The van der Waals surface area contributed by atoms with Crippen LogP contribution in [0.25, 0.3) is 0 Å². The van der Waals surface area contributed by atoms with E-state index >= 15 is 0 Å². The molecule has 0 bridgehead atoms. The summed E-state index contributed by atoms with van der Waals surface area (Å²) in [7, 11) is 0. The Balaban J connectivity index is 1.88. The number of rotatable bonds is 6. The van der Waals surface area contributed by atoms with Crippen molar-refractivity contribution in [3.63, 3.8) is 0 Å².